The Morgan fingerprint density at radius 1 is 1.39 bits per heavy atom. The summed E-state index contributed by atoms with van der Waals surface area (Å²) in [5, 5.41) is 5.78. The molecule has 0 bridgehead atoms. The lowest BCUT2D eigenvalue weighted by Crippen LogP contribution is -2.30. The maximum Gasteiger partial charge on any atom is 0.251 e. The standard InChI is InChI=1S/C13H17N3O2/c1-14-5-6-15-13(18)9-3-4-11-10(7-9)8-12(17)16(11)2/h3-4,7,14H,5-6,8H2,1-2H3,(H,15,18). The van der Waals surface area contributed by atoms with Crippen molar-refractivity contribution in [2.45, 2.75) is 6.42 Å². The molecule has 1 heterocycles. The van der Waals surface area contributed by atoms with E-state index < -0.39 is 0 Å². The fraction of sp³-hybridized carbons (Fsp3) is 0.385. The fourth-order valence-corrected chi connectivity index (χ4v) is 2.01. The normalized spacial score (nSPS) is 13.7. The summed E-state index contributed by atoms with van der Waals surface area (Å²) in [5.74, 6) is -0.0345. The summed E-state index contributed by atoms with van der Waals surface area (Å²) < 4.78 is 0. The smallest absolute Gasteiger partial charge is 0.251 e. The Bertz CT molecular complexity index is 485. The van der Waals surface area contributed by atoms with E-state index in [1.54, 1.807) is 24.1 Å². The van der Waals surface area contributed by atoms with Crippen LogP contribution >= 0.6 is 0 Å². The Hall–Kier alpha value is -1.88. The molecule has 0 atom stereocenters. The van der Waals surface area contributed by atoms with Crippen LogP contribution in [0.2, 0.25) is 0 Å². The molecule has 18 heavy (non-hydrogen) atoms. The first kappa shape index (κ1) is 12.6. The van der Waals surface area contributed by atoms with Gasteiger partial charge < -0.3 is 15.5 Å². The lowest BCUT2D eigenvalue weighted by Gasteiger charge is -2.10. The van der Waals surface area contributed by atoms with Crippen LogP contribution in [0.15, 0.2) is 18.2 Å². The molecule has 2 N–H and O–H groups in total. The van der Waals surface area contributed by atoms with E-state index in [2.05, 4.69) is 10.6 Å². The molecular weight excluding hydrogens is 230 g/mol. The van der Waals surface area contributed by atoms with E-state index in [1.807, 2.05) is 13.1 Å². The Balaban J connectivity index is 2.11. The number of fused-ring (bicyclic) bond motifs is 1. The molecule has 1 aromatic carbocycles. The van der Waals surface area contributed by atoms with Crippen LogP contribution < -0.4 is 15.5 Å². The van der Waals surface area contributed by atoms with E-state index in [0.29, 0.717) is 18.5 Å². The topological polar surface area (TPSA) is 61.4 Å². The van der Waals surface area contributed by atoms with Gasteiger partial charge in [-0.2, -0.15) is 0 Å². The average Bonchev–Trinajstić information content (AvgIpc) is 2.65. The summed E-state index contributed by atoms with van der Waals surface area (Å²) in [6.45, 7) is 1.32. The zero-order valence-electron chi connectivity index (χ0n) is 10.6. The van der Waals surface area contributed by atoms with E-state index in [-0.39, 0.29) is 11.8 Å². The van der Waals surface area contributed by atoms with Crippen molar-refractivity contribution in [3.63, 3.8) is 0 Å². The number of carbonyl (C=O) groups is 2. The highest BCUT2D eigenvalue weighted by atomic mass is 16.2. The molecule has 0 fully saturated rings. The number of carbonyl (C=O) groups excluding carboxylic acids is 2. The average molecular weight is 247 g/mol. The van der Waals surface area contributed by atoms with Crippen LogP contribution in [-0.2, 0) is 11.2 Å². The lowest BCUT2D eigenvalue weighted by molar-refractivity contribution is -0.117. The van der Waals surface area contributed by atoms with Gasteiger partial charge in [0.2, 0.25) is 5.91 Å². The molecule has 0 aliphatic carbocycles. The maximum atomic E-state index is 11.8. The summed E-state index contributed by atoms with van der Waals surface area (Å²) in [6, 6.07) is 5.38. The maximum absolute atomic E-state index is 11.8. The van der Waals surface area contributed by atoms with Crippen LogP contribution in [0.25, 0.3) is 0 Å². The summed E-state index contributed by atoms with van der Waals surface area (Å²) >= 11 is 0. The summed E-state index contributed by atoms with van der Waals surface area (Å²) in [4.78, 5) is 25.0. The van der Waals surface area contributed by atoms with Gasteiger partial charge in [0.25, 0.3) is 5.91 Å². The van der Waals surface area contributed by atoms with E-state index in [9.17, 15) is 9.59 Å². The minimum atomic E-state index is -0.102. The molecule has 0 radical (unpaired) electrons. The molecule has 0 aromatic heterocycles. The van der Waals surface area contributed by atoms with Crippen LogP contribution in [0.4, 0.5) is 5.69 Å². The van der Waals surface area contributed by atoms with Gasteiger partial charge in [-0.25, -0.2) is 0 Å². The first-order valence-corrected chi connectivity index (χ1v) is 5.95. The molecular formula is C13H17N3O2. The number of rotatable bonds is 4. The number of nitrogens with one attached hydrogen (secondary N) is 2. The van der Waals surface area contributed by atoms with Gasteiger partial charge >= 0.3 is 0 Å². The highest BCUT2D eigenvalue weighted by molar-refractivity contribution is 6.03. The van der Waals surface area contributed by atoms with Gasteiger partial charge in [0.1, 0.15) is 0 Å². The highest BCUT2D eigenvalue weighted by Gasteiger charge is 2.24. The SMILES string of the molecule is CNCCNC(=O)c1ccc2c(c1)CC(=O)N2C. The van der Waals surface area contributed by atoms with Gasteiger partial charge in [-0.15, -0.1) is 0 Å². The number of amides is 2. The zero-order valence-corrected chi connectivity index (χ0v) is 10.6. The molecule has 2 amide bonds. The van der Waals surface area contributed by atoms with Gasteiger partial charge in [-0.1, -0.05) is 0 Å². The predicted molar refractivity (Wildman–Crippen MR) is 69.8 cm³/mol. The number of hydrogen-bond donors (Lipinski definition) is 2. The number of benzene rings is 1. The number of hydrogen-bond acceptors (Lipinski definition) is 3. The van der Waals surface area contributed by atoms with Crippen molar-refractivity contribution >= 4 is 17.5 Å². The van der Waals surface area contributed by atoms with E-state index >= 15 is 0 Å². The molecule has 0 spiro atoms. The van der Waals surface area contributed by atoms with Crippen molar-refractivity contribution in [2.75, 3.05) is 32.1 Å². The first-order chi connectivity index (χ1) is 8.63. The first-order valence-electron chi connectivity index (χ1n) is 5.95. The number of likely N-dealkylation sites (N-methyl/N-ethyl adjacent to an activating group) is 2. The molecule has 1 aliphatic heterocycles. The molecule has 2 rings (SSSR count). The van der Waals surface area contributed by atoms with Gasteiger partial charge in [0, 0.05) is 31.4 Å². The minimum Gasteiger partial charge on any atom is -0.351 e. The molecule has 5 nitrogen and oxygen atoms in total. The molecule has 1 aromatic rings. The molecule has 1 aliphatic rings. The third-order valence-corrected chi connectivity index (χ3v) is 3.08. The lowest BCUT2D eigenvalue weighted by atomic mass is 10.1. The van der Waals surface area contributed by atoms with Gasteiger partial charge in [0.15, 0.2) is 0 Å². The fourth-order valence-electron chi connectivity index (χ4n) is 2.01. The molecule has 0 saturated heterocycles. The highest BCUT2D eigenvalue weighted by Crippen LogP contribution is 2.28. The molecule has 0 unspecified atom stereocenters. The number of anilines is 1. The van der Waals surface area contributed by atoms with Crippen molar-refractivity contribution in [3.8, 4) is 0 Å². The third kappa shape index (κ3) is 2.36. The number of nitrogens with zero attached hydrogens (tertiary/aromatic N) is 1. The second-order valence-electron chi connectivity index (χ2n) is 4.33. The predicted octanol–water partition coefficient (Wildman–Crippen LogP) is 0.155. The van der Waals surface area contributed by atoms with E-state index in [1.165, 1.54) is 0 Å². The Labute approximate surface area is 106 Å². The zero-order chi connectivity index (χ0) is 13.1. The van der Waals surface area contributed by atoms with Crippen molar-refractivity contribution in [3.05, 3.63) is 29.3 Å². The summed E-state index contributed by atoms with van der Waals surface area (Å²) in [5.41, 5.74) is 2.42. The van der Waals surface area contributed by atoms with Crippen LogP contribution in [-0.4, -0.2) is 39.0 Å². The Morgan fingerprint density at radius 3 is 2.89 bits per heavy atom. The van der Waals surface area contributed by atoms with Crippen LogP contribution in [0.5, 0.6) is 0 Å². The Kier molecular flexibility index (Phi) is 3.62. The van der Waals surface area contributed by atoms with Gasteiger partial charge in [0.05, 0.1) is 6.42 Å². The van der Waals surface area contributed by atoms with Crippen molar-refractivity contribution in [1.29, 1.82) is 0 Å². The molecule has 96 valence electrons. The van der Waals surface area contributed by atoms with E-state index in [0.717, 1.165) is 17.8 Å². The largest absolute Gasteiger partial charge is 0.351 e. The van der Waals surface area contributed by atoms with Crippen LogP contribution in [0.1, 0.15) is 15.9 Å². The third-order valence-electron chi connectivity index (χ3n) is 3.08. The second-order valence-corrected chi connectivity index (χ2v) is 4.33. The molecule has 5 heteroatoms. The van der Waals surface area contributed by atoms with Crippen molar-refractivity contribution < 1.29 is 9.59 Å². The monoisotopic (exact) mass is 247 g/mol. The van der Waals surface area contributed by atoms with Crippen molar-refractivity contribution in [2.24, 2.45) is 0 Å². The van der Waals surface area contributed by atoms with Gasteiger partial charge in [-0.3, -0.25) is 9.59 Å². The van der Waals surface area contributed by atoms with E-state index in [4.69, 9.17) is 0 Å². The summed E-state index contributed by atoms with van der Waals surface area (Å²) in [6.07, 6.45) is 0.378. The van der Waals surface area contributed by atoms with Crippen LogP contribution in [0, 0.1) is 0 Å². The van der Waals surface area contributed by atoms with Crippen LogP contribution in [0.3, 0.4) is 0 Å². The minimum absolute atomic E-state index is 0.0674. The van der Waals surface area contributed by atoms with Crippen molar-refractivity contribution in [1.82, 2.24) is 10.6 Å². The summed E-state index contributed by atoms with van der Waals surface area (Å²) in [7, 11) is 3.59. The van der Waals surface area contributed by atoms with Gasteiger partial charge in [-0.05, 0) is 30.8 Å². The Morgan fingerprint density at radius 2 is 2.17 bits per heavy atom. The second kappa shape index (κ2) is 5.18. The molecule has 0 saturated carbocycles. The quantitative estimate of drug-likeness (QED) is 0.745.